The van der Waals surface area contributed by atoms with Crippen LogP contribution in [0, 0.1) is 15.9 Å². The van der Waals surface area contributed by atoms with Crippen LogP contribution in [0.4, 0.5) is 10.1 Å². The highest BCUT2D eigenvalue weighted by Gasteiger charge is 2.28. The number of hydrogen-bond donors (Lipinski definition) is 1. The fourth-order valence-corrected chi connectivity index (χ4v) is 6.81. The molecule has 0 amide bonds. The van der Waals surface area contributed by atoms with Gasteiger partial charge in [0.25, 0.3) is 5.69 Å². The monoisotopic (exact) mass is 355 g/mol. The number of carbonyl (C=O) groups is 1. The van der Waals surface area contributed by atoms with Crippen LogP contribution < -0.4 is 0 Å². The maximum absolute atomic E-state index is 13.8. The molecule has 110 valence electrons. The number of carboxylic acid groups (broad SMARTS) is 1. The van der Waals surface area contributed by atoms with Gasteiger partial charge in [-0.15, -0.1) is 10.2 Å². The van der Waals surface area contributed by atoms with Gasteiger partial charge in [0, 0.05) is 6.07 Å². The normalized spacial score (nSPS) is 11.4. The molecule has 5 nitrogen and oxygen atoms in total. The van der Waals surface area contributed by atoms with Crippen LogP contribution in [0.3, 0.4) is 0 Å². The summed E-state index contributed by atoms with van der Waals surface area (Å²) < 4.78 is 13.8. The zero-order valence-electron chi connectivity index (χ0n) is 10.8. The van der Waals surface area contributed by atoms with E-state index in [4.69, 9.17) is 16.7 Å². The van der Waals surface area contributed by atoms with Crippen molar-refractivity contribution in [3.8, 4) is 0 Å². The molecule has 1 rings (SSSR count). The van der Waals surface area contributed by atoms with Crippen molar-refractivity contribution in [2.24, 2.45) is 0 Å². The first-order valence-electron chi connectivity index (χ1n) is 5.30. The number of nitro benzene ring substituents is 1. The smallest absolute Gasteiger partial charge is 0.339 e. The third-order valence-corrected chi connectivity index (χ3v) is 11.1. The van der Waals surface area contributed by atoms with Gasteiger partial charge >= 0.3 is 5.97 Å². The number of carboxylic acids is 1. The Kier molecular flexibility index (Phi) is 5.47. The van der Waals surface area contributed by atoms with Crippen molar-refractivity contribution < 1.29 is 19.2 Å². The number of halogens is 2. The number of rotatable bonds is 5. The standard InChI is InChI=1S/C10H11ClFNO4S2Si/c1-20(2,3)19-18-9-6(13(16)17)4-5(10(14)15)8(12)7(9)11/h4H,1-3H3,(H,14,15). The first kappa shape index (κ1) is 17.3. The number of nitro groups is 1. The zero-order valence-corrected chi connectivity index (χ0v) is 14.2. The van der Waals surface area contributed by atoms with E-state index in [1.807, 2.05) is 19.6 Å². The first-order chi connectivity index (χ1) is 9.04. The second-order valence-electron chi connectivity index (χ2n) is 4.74. The lowest BCUT2D eigenvalue weighted by molar-refractivity contribution is -0.387. The van der Waals surface area contributed by atoms with Gasteiger partial charge in [-0.2, -0.15) is 0 Å². The second-order valence-corrected chi connectivity index (χ2v) is 16.3. The molecule has 0 atom stereocenters. The molecule has 0 aliphatic rings. The van der Waals surface area contributed by atoms with Crippen LogP contribution in [-0.2, 0) is 0 Å². The Morgan fingerprint density at radius 3 is 2.45 bits per heavy atom. The van der Waals surface area contributed by atoms with E-state index in [1.165, 1.54) is 10.2 Å². The van der Waals surface area contributed by atoms with E-state index < -0.39 is 40.2 Å². The van der Waals surface area contributed by atoms with Crippen LogP contribution in [0.5, 0.6) is 0 Å². The summed E-state index contributed by atoms with van der Waals surface area (Å²) in [5.41, 5.74) is -1.30. The van der Waals surface area contributed by atoms with Gasteiger partial charge in [0.1, 0.15) is 17.7 Å². The fraction of sp³-hybridized carbons (Fsp3) is 0.300. The fourth-order valence-electron chi connectivity index (χ4n) is 1.13. The van der Waals surface area contributed by atoms with Crippen LogP contribution >= 0.6 is 32.6 Å². The molecule has 0 unspecified atom stereocenters. The second kappa shape index (κ2) is 6.33. The molecule has 0 spiro atoms. The molecule has 0 radical (unpaired) electrons. The summed E-state index contributed by atoms with van der Waals surface area (Å²) in [5.74, 6) is -2.75. The number of hydrogen-bond acceptors (Lipinski definition) is 5. The Labute approximate surface area is 128 Å². The van der Waals surface area contributed by atoms with E-state index in [1.54, 1.807) is 0 Å². The van der Waals surface area contributed by atoms with E-state index in [0.717, 1.165) is 10.8 Å². The van der Waals surface area contributed by atoms with Gasteiger partial charge < -0.3 is 5.11 Å². The molecule has 1 aromatic carbocycles. The maximum Gasteiger partial charge on any atom is 0.339 e. The minimum Gasteiger partial charge on any atom is -0.478 e. The van der Waals surface area contributed by atoms with Gasteiger partial charge in [0.2, 0.25) is 0 Å². The van der Waals surface area contributed by atoms with Crippen LogP contribution in [0.2, 0.25) is 24.7 Å². The van der Waals surface area contributed by atoms with Gasteiger partial charge in [-0.3, -0.25) is 10.1 Å². The molecule has 0 bridgehead atoms. The quantitative estimate of drug-likeness (QED) is 0.358. The van der Waals surface area contributed by atoms with Gasteiger partial charge in [0.15, 0.2) is 5.82 Å². The van der Waals surface area contributed by atoms with Crippen molar-refractivity contribution >= 4 is 51.5 Å². The van der Waals surface area contributed by atoms with Gasteiger partial charge in [0.05, 0.1) is 9.95 Å². The lowest BCUT2D eigenvalue weighted by Crippen LogP contribution is -2.12. The number of benzene rings is 1. The van der Waals surface area contributed by atoms with Gasteiger partial charge in [-0.1, -0.05) is 42.0 Å². The Bertz CT molecular complexity index is 579. The molecule has 0 saturated carbocycles. The molecule has 0 aromatic heterocycles. The highest BCUT2D eigenvalue weighted by molar-refractivity contribution is 8.87. The van der Waals surface area contributed by atoms with Crippen LogP contribution in [-0.4, -0.2) is 23.2 Å². The molecule has 20 heavy (non-hydrogen) atoms. The molecule has 0 aliphatic carbocycles. The van der Waals surface area contributed by atoms with Crippen LogP contribution in [0.25, 0.3) is 0 Å². The predicted octanol–water partition coefficient (Wildman–Crippen LogP) is 4.66. The SMILES string of the molecule is C[Si](C)(C)SSc1c([N+](=O)[O-])cc(C(=O)O)c(F)c1Cl. The summed E-state index contributed by atoms with van der Waals surface area (Å²) in [6.07, 6.45) is 0. The molecule has 0 heterocycles. The van der Waals surface area contributed by atoms with E-state index >= 15 is 0 Å². The molecule has 0 fully saturated rings. The first-order valence-corrected chi connectivity index (χ1v) is 12.0. The van der Waals surface area contributed by atoms with Crippen molar-refractivity contribution in [2.75, 3.05) is 0 Å². The third-order valence-electron chi connectivity index (χ3n) is 1.94. The van der Waals surface area contributed by atoms with Crippen molar-refractivity contribution in [3.05, 3.63) is 32.6 Å². The Morgan fingerprint density at radius 2 is 2.05 bits per heavy atom. The van der Waals surface area contributed by atoms with E-state index in [9.17, 15) is 19.3 Å². The lowest BCUT2D eigenvalue weighted by Gasteiger charge is -2.15. The summed E-state index contributed by atoms with van der Waals surface area (Å²) in [7, 11) is 0.809. The molecular weight excluding hydrogens is 345 g/mol. The van der Waals surface area contributed by atoms with Crippen molar-refractivity contribution in [1.82, 2.24) is 0 Å². The van der Waals surface area contributed by atoms with E-state index in [0.29, 0.717) is 6.07 Å². The lowest BCUT2D eigenvalue weighted by atomic mass is 10.2. The largest absolute Gasteiger partial charge is 0.478 e. The topological polar surface area (TPSA) is 80.4 Å². The van der Waals surface area contributed by atoms with Crippen LogP contribution in [0.1, 0.15) is 10.4 Å². The van der Waals surface area contributed by atoms with Crippen molar-refractivity contribution in [3.63, 3.8) is 0 Å². The van der Waals surface area contributed by atoms with Crippen molar-refractivity contribution in [1.29, 1.82) is 0 Å². The van der Waals surface area contributed by atoms with E-state index in [2.05, 4.69) is 0 Å². The molecule has 0 saturated heterocycles. The summed E-state index contributed by atoms with van der Waals surface area (Å²) in [6.45, 7) is 6.06. The van der Waals surface area contributed by atoms with Crippen molar-refractivity contribution in [2.45, 2.75) is 24.5 Å². The molecular formula is C10H11ClFNO4S2Si. The highest BCUT2D eigenvalue weighted by atomic mass is 35.5. The number of nitrogens with zero attached hydrogens (tertiary/aromatic N) is 1. The Balaban J connectivity index is 3.39. The minimum absolute atomic E-state index is 0.0495. The summed E-state index contributed by atoms with van der Waals surface area (Å²) in [5, 5.41) is 19.3. The molecule has 1 aromatic rings. The minimum atomic E-state index is -1.61. The average molecular weight is 356 g/mol. The zero-order chi connectivity index (χ0) is 15.7. The summed E-state index contributed by atoms with van der Waals surface area (Å²) in [4.78, 5) is 21.0. The predicted molar refractivity (Wildman–Crippen MR) is 81.8 cm³/mol. The van der Waals surface area contributed by atoms with Gasteiger partial charge in [-0.25, -0.2) is 9.18 Å². The molecule has 1 N–H and O–H groups in total. The Hall–Kier alpha value is -0.773. The third kappa shape index (κ3) is 4.11. The summed E-state index contributed by atoms with van der Waals surface area (Å²) in [6, 6.07) is 0.705. The molecule has 0 aliphatic heterocycles. The van der Waals surface area contributed by atoms with Crippen LogP contribution in [0.15, 0.2) is 11.0 Å². The highest BCUT2D eigenvalue weighted by Crippen LogP contribution is 2.47. The maximum atomic E-state index is 13.8. The number of aromatic carboxylic acids is 1. The molecule has 10 heteroatoms. The van der Waals surface area contributed by atoms with Gasteiger partial charge in [-0.05, 0) is 0 Å². The summed E-state index contributed by atoms with van der Waals surface area (Å²) >= 11 is 5.76. The Morgan fingerprint density at radius 1 is 1.50 bits per heavy atom. The van der Waals surface area contributed by atoms with E-state index in [-0.39, 0.29) is 4.90 Å². The average Bonchev–Trinajstić information content (AvgIpc) is 2.28.